The summed E-state index contributed by atoms with van der Waals surface area (Å²) in [6.07, 6.45) is 6.85. The number of benzene rings is 1. The fourth-order valence-corrected chi connectivity index (χ4v) is 3.16. The van der Waals surface area contributed by atoms with Gasteiger partial charge in [0.05, 0.1) is 5.52 Å². The van der Waals surface area contributed by atoms with Crippen LogP contribution >= 0.6 is 0 Å². The number of aromatic nitrogens is 1. The Morgan fingerprint density at radius 3 is 2.74 bits per heavy atom. The molecular weight excluding hydrogens is 243 g/mol. The molecule has 1 aliphatic carbocycles. The summed E-state index contributed by atoms with van der Waals surface area (Å²) >= 11 is 0. The summed E-state index contributed by atoms with van der Waals surface area (Å²) in [6.45, 7) is 0. The number of hydrogen-bond acceptors (Lipinski definition) is 2. The topological polar surface area (TPSA) is 34.4 Å². The summed E-state index contributed by atoms with van der Waals surface area (Å²) < 4.78 is 16.6. The van der Waals surface area contributed by atoms with E-state index in [4.69, 9.17) is 0 Å². The van der Waals surface area contributed by atoms with Crippen LogP contribution in [0, 0.1) is 5.82 Å². The van der Waals surface area contributed by atoms with E-state index in [0.29, 0.717) is 10.9 Å². The molecule has 0 saturated heterocycles. The van der Waals surface area contributed by atoms with E-state index in [1.165, 1.54) is 0 Å². The Morgan fingerprint density at radius 1 is 1.32 bits per heavy atom. The van der Waals surface area contributed by atoms with Gasteiger partial charge in [-0.1, -0.05) is 18.9 Å². The zero-order valence-corrected chi connectivity index (χ0v) is 10.8. The normalized spacial score (nSPS) is 17.6. The smallest absolute Gasteiger partial charge is 0.235 e. The number of nitrogens with zero attached hydrogens (tertiary/aromatic N) is 2. The summed E-state index contributed by atoms with van der Waals surface area (Å²) in [7, 11) is 1.89. The molecule has 98 valence electrons. The average Bonchev–Trinajstić information content (AvgIpc) is 3.00. The summed E-state index contributed by atoms with van der Waals surface area (Å²) in [5, 5.41) is 0.590. The maximum Gasteiger partial charge on any atom is 0.235 e. The molecule has 1 fully saturated rings. The Morgan fingerprint density at radius 2 is 2.05 bits per heavy atom. The minimum absolute atomic E-state index is 0.251. The first-order valence-corrected chi connectivity index (χ1v) is 6.51. The summed E-state index contributed by atoms with van der Waals surface area (Å²) in [5.74, 6) is -0.251. The van der Waals surface area contributed by atoms with Crippen LogP contribution in [-0.2, 0) is 17.4 Å². The van der Waals surface area contributed by atoms with Gasteiger partial charge in [-0.05, 0) is 25.0 Å². The highest BCUT2D eigenvalue weighted by atomic mass is 19.1. The maximum atomic E-state index is 14.7. The SMILES string of the molecule is Cn1ccc2c(F)c(C3(N=C=O)CCCC3)ccc21. The molecule has 0 unspecified atom stereocenters. The van der Waals surface area contributed by atoms with Crippen LogP contribution in [0.25, 0.3) is 10.9 Å². The quantitative estimate of drug-likeness (QED) is 0.600. The van der Waals surface area contributed by atoms with Gasteiger partial charge in [0, 0.05) is 24.2 Å². The summed E-state index contributed by atoms with van der Waals surface area (Å²) in [4.78, 5) is 14.6. The van der Waals surface area contributed by atoms with E-state index in [1.54, 1.807) is 18.2 Å². The standard InChI is InChI=1S/C15H15FN2O/c1-18-9-6-11-13(18)5-4-12(14(11)16)15(17-10-19)7-2-3-8-15/h4-6,9H,2-3,7-8H2,1H3. The molecule has 2 aromatic rings. The van der Waals surface area contributed by atoms with Crippen molar-refractivity contribution in [3.63, 3.8) is 0 Å². The zero-order chi connectivity index (χ0) is 13.5. The average molecular weight is 258 g/mol. The van der Waals surface area contributed by atoms with Gasteiger partial charge in [-0.2, -0.15) is 4.99 Å². The van der Waals surface area contributed by atoms with Crippen LogP contribution in [0.3, 0.4) is 0 Å². The molecule has 0 aliphatic heterocycles. The van der Waals surface area contributed by atoms with Crippen LogP contribution in [-0.4, -0.2) is 10.6 Å². The van der Waals surface area contributed by atoms with Gasteiger partial charge in [0.25, 0.3) is 0 Å². The Labute approximate surface area is 110 Å². The van der Waals surface area contributed by atoms with Crippen molar-refractivity contribution in [2.45, 2.75) is 31.2 Å². The van der Waals surface area contributed by atoms with Crippen LogP contribution in [0.15, 0.2) is 29.4 Å². The molecule has 1 heterocycles. The van der Waals surface area contributed by atoms with E-state index in [0.717, 1.165) is 31.2 Å². The number of isocyanates is 1. The van der Waals surface area contributed by atoms with Gasteiger partial charge in [0.15, 0.2) is 0 Å². The molecule has 0 amide bonds. The molecule has 3 rings (SSSR count). The van der Waals surface area contributed by atoms with Crippen LogP contribution < -0.4 is 0 Å². The predicted octanol–water partition coefficient (Wildman–Crippen LogP) is 3.42. The van der Waals surface area contributed by atoms with Gasteiger partial charge in [-0.15, -0.1) is 0 Å². The highest BCUT2D eigenvalue weighted by molar-refractivity contribution is 5.82. The van der Waals surface area contributed by atoms with Crippen molar-refractivity contribution in [2.75, 3.05) is 0 Å². The lowest BCUT2D eigenvalue weighted by atomic mass is 9.87. The van der Waals surface area contributed by atoms with Gasteiger partial charge >= 0.3 is 0 Å². The van der Waals surface area contributed by atoms with Crippen molar-refractivity contribution in [3.05, 3.63) is 35.8 Å². The number of halogens is 1. The van der Waals surface area contributed by atoms with E-state index >= 15 is 0 Å². The van der Waals surface area contributed by atoms with E-state index in [9.17, 15) is 9.18 Å². The monoisotopic (exact) mass is 258 g/mol. The van der Waals surface area contributed by atoms with E-state index in [-0.39, 0.29) is 5.82 Å². The van der Waals surface area contributed by atoms with Crippen molar-refractivity contribution in [2.24, 2.45) is 12.0 Å². The molecule has 0 N–H and O–H groups in total. The van der Waals surface area contributed by atoms with Gasteiger partial charge in [-0.25, -0.2) is 9.18 Å². The van der Waals surface area contributed by atoms with E-state index in [1.807, 2.05) is 23.9 Å². The minimum Gasteiger partial charge on any atom is -0.350 e. The molecule has 0 atom stereocenters. The van der Waals surface area contributed by atoms with Crippen molar-refractivity contribution >= 4 is 17.0 Å². The molecule has 0 radical (unpaired) electrons. The van der Waals surface area contributed by atoms with Gasteiger partial charge < -0.3 is 4.57 Å². The molecule has 19 heavy (non-hydrogen) atoms. The lowest BCUT2D eigenvalue weighted by Gasteiger charge is -2.23. The van der Waals surface area contributed by atoms with Crippen molar-refractivity contribution in [1.82, 2.24) is 4.57 Å². The van der Waals surface area contributed by atoms with Gasteiger partial charge in [0.1, 0.15) is 11.4 Å². The summed E-state index contributed by atoms with van der Waals surface area (Å²) in [5.41, 5.74) is 0.687. The van der Waals surface area contributed by atoms with Crippen molar-refractivity contribution in [1.29, 1.82) is 0 Å². The second-order valence-corrected chi connectivity index (χ2v) is 5.23. The zero-order valence-electron chi connectivity index (χ0n) is 10.8. The minimum atomic E-state index is -0.699. The van der Waals surface area contributed by atoms with Crippen LogP contribution in [0.1, 0.15) is 31.2 Å². The third-order valence-electron chi connectivity index (χ3n) is 4.19. The molecule has 3 nitrogen and oxygen atoms in total. The highest BCUT2D eigenvalue weighted by Crippen LogP contribution is 2.44. The lowest BCUT2D eigenvalue weighted by Crippen LogP contribution is -2.20. The van der Waals surface area contributed by atoms with Crippen LogP contribution in [0.2, 0.25) is 0 Å². The molecule has 4 heteroatoms. The molecule has 0 bridgehead atoms. The first kappa shape index (κ1) is 12.1. The first-order valence-electron chi connectivity index (χ1n) is 6.51. The number of rotatable bonds is 2. The number of hydrogen-bond donors (Lipinski definition) is 0. The predicted molar refractivity (Wildman–Crippen MR) is 71.1 cm³/mol. The third kappa shape index (κ3) is 1.71. The lowest BCUT2D eigenvalue weighted by molar-refractivity contribution is 0.433. The first-order chi connectivity index (χ1) is 9.18. The number of carbonyl (C=O) groups excluding carboxylic acids is 1. The van der Waals surface area contributed by atoms with Crippen molar-refractivity contribution < 1.29 is 9.18 Å². The number of aryl methyl sites for hydroxylation is 1. The Kier molecular flexibility index (Phi) is 2.76. The van der Waals surface area contributed by atoms with E-state index < -0.39 is 5.54 Å². The molecule has 1 aromatic heterocycles. The second kappa shape index (κ2) is 4.32. The van der Waals surface area contributed by atoms with Crippen molar-refractivity contribution in [3.8, 4) is 0 Å². The Bertz CT molecular complexity index is 677. The number of fused-ring (bicyclic) bond motifs is 1. The van der Waals surface area contributed by atoms with Crippen LogP contribution in [0.5, 0.6) is 0 Å². The number of aliphatic imine (C=N–C) groups is 1. The van der Waals surface area contributed by atoms with Gasteiger partial charge in [-0.3, -0.25) is 0 Å². The molecule has 1 aromatic carbocycles. The van der Waals surface area contributed by atoms with Gasteiger partial charge in [0.2, 0.25) is 6.08 Å². The van der Waals surface area contributed by atoms with Crippen LogP contribution in [0.4, 0.5) is 4.39 Å². The third-order valence-corrected chi connectivity index (χ3v) is 4.19. The molecule has 1 saturated carbocycles. The Hall–Kier alpha value is -1.93. The fraction of sp³-hybridized carbons (Fsp3) is 0.400. The molecule has 1 aliphatic rings. The Balaban J connectivity index is 2.24. The largest absolute Gasteiger partial charge is 0.350 e. The fourth-order valence-electron chi connectivity index (χ4n) is 3.16. The maximum absolute atomic E-state index is 14.7. The van der Waals surface area contributed by atoms with E-state index in [2.05, 4.69) is 4.99 Å². The molecule has 0 spiro atoms. The highest BCUT2D eigenvalue weighted by Gasteiger charge is 2.38. The second-order valence-electron chi connectivity index (χ2n) is 5.23. The molecular formula is C15H15FN2O. The summed E-state index contributed by atoms with van der Waals surface area (Å²) in [6, 6.07) is 5.43.